The maximum atomic E-state index is 12.8. The van der Waals surface area contributed by atoms with Gasteiger partial charge in [0.15, 0.2) is 5.78 Å². The molecule has 7 heteroatoms. The van der Waals surface area contributed by atoms with Crippen LogP contribution in [0.1, 0.15) is 61.4 Å². The number of nitrogens with one attached hydrogen (secondary N) is 3. The van der Waals surface area contributed by atoms with E-state index in [4.69, 9.17) is 0 Å². The molecule has 0 spiro atoms. The van der Waals surface area contributed by atoms with Gasteiger partial charge in [-0.2, -0.15) is 0 Å². The molecule has 2 aliphatic rings. The third-order valence-corrected chi connectivity index (χ3v) is 7.34. The van der Waals surface area contributed by atoms with Crippen molar-refractivity contribution in [3.8, 4) is 0 Å². The quantitative estimate of drug-likeness (QED) is 0.523. The van der Waals surface area contributed by atoms with E-state index in [0.29, 0.717) is 17.8 Å². The third kappa shape index (κ3) is 6.69. The number of hydrogen-bond donors (Lipinski definition) is 3. The largest absolute Gasteiger partial charge is 0.350 e. The Morgan fingerprint density at radius 2 is 1.86 bits per heavy atom. The van der Waals surface area contributed by atoms with Crippen molar-refractivity contribution in [3.05, 3.63) is 65.7 Å². The molecule has 3 N–H and O–H groups in total. The minimum Gasteiger partial charge on any atom is -0.350 e. The number of amides is 3. The van der Waals surface area contributed by atoms with Crippen LogP contribution in [0.15, 0.2) is 54.6 Å². The van der Waals surface area contributed by atoms with Crippen molar-refractivity contribution in [3.63, 3.8) is 0 Å². The first-order valence-electron chi connectivity index (χ1n) is 12.6. The summed E-state index contributed by atoms with van der Waals surface area (Å²) in [4.78, 5) is 39.2. The lowest BCUT2D eigenvalue weighted by atomic mass is 9.83. The molecule has 1 aliphatic carbocycles. The molecule has 186 valence electrons. The van der Waals surface area contributed by atoms with Gasteiger partial charge in [0, 0.05) is 42.3 Å². The second-order valence-electron chi connectivity index (χ2n) is 9.95. The normalized spacial score (nSPS) is 23.7. The van der Waals surface area contributed by atoms with Crippen LogP contribution in [-0.2, 0) is 4.79 Å². The van der Waals surface area contributed by atoms with Crippen LogP contribution in [0.25, 0.3) is 0 Å². The van der Waals surface area contributed by atoms with Gasteiger partial charge in [-0.05, 0) is 43.4 Å². The first kappa shape index (κ1) is 24.9. The highest BCUT2D eigenvalue weighted by Crippen LogP contribution is 2.27. The average Bonchev–Trinajstić information content (AvgIpc) is 2.85. The SMILES string of the molecule is CC(=O)c1cccc(NC(=O)N[C@@H]2CCCC[C@H]2CN2CC(=O)N[C@@H](C(C)c3ccccc3)C2)c1. The standard InChI is InChI=1S/C28H36N4O3/c1-19(21-9-4-3-5-10-21)26-17-32(18-27(34)30-26)16-23-11-6-7-14-25(23)31-28(35)29-24-13-8-12-22(15-24)20(2)33/h3-5,8-10,12-13,15,19,23,25-26H,6-7,11,14,16-18H2,1-2H3,(H,30,34)(H2,29,31,35)/t19?,23-,25+,26+/m0/s1. The molecule has 1 unspecified atom stereocenters. The minimum atomic E-state index is -0.255. The Bertz CT molecular complexity index is 1040. The number of nitrogens with zero attached hydrogens (tertiary/aromatic N) is 1. The van der Waals surface area contributed by atoms with Crippen molar-refractivity contribution in [1.29, 1.82) is 0 Å². The Hall–Kier alpha value is -3.19. The molecule has 2 aromatic carbocycles. The zero-order valence-electron chi connectivity index (χ0n) is 20.6. The minimum absolute atomic E-state index is 0.0353. The molecule has 1 saturated carbocycles. The molecule has 4 atom stereocenters. The fraction of sp³-hybridized carbons (Fsp3) is 0.464. The Balaban J connectivity index is 1.36. The van der Waals surface area contributed by atoms with E-state index in [-0.39, 0.29) is 41.6 Å². The highest BCUT2D eigenvalue weighted by Gasteiger charge is 2.33. The summed E-state index contributed by atoms with van der Waals surface area (Å²) in [6.07, 6.45) is 4.17. The van der Waals surface area contributed by atoms with E-state index in [1.807, 2.05) is 18.2 Å². The van der Waals surface area contributed by atoms with Crippen LogP contribution in [0, 0.1) is 5.92 Å². The summed E-state index contributed by atoms with van der Waals surface area (Å²) in [5, 5.41) is 9.22. The van der Waals surface area contributed by atoms with Gasteiger partial charge < -0.3 is 16.0 Å². The Labute approximate surface area is 207 Å². The highest BCUT2D eigenvalue weighted by molar-refractivity contribution is 5.96. The fourth-order valence-electron chi connectivity index (χ4n) is 5.35. The van der Waals surface area contributed by atoms with E-state index < -0.39 is 0 Å². The Kier molecular flexibility index (Phi) is 8.18. The molecule has 7 nitrogen and oxygen atoms in total. The van der Waals surface area contributed by atoms with Crippen LogP contribution in [0.5, 0.6) is 0 Å². The lowest BCUT2D eigenvalue weighted by Gasteiger charge is -2.40. The van der Waals surface area contributed by atoms with Gasteiger partial charge in [0.2, 0.25) is 5.91 Å². The summed E-state index contributed by atoms with van der Waals surface area (Å²) in [7, 11) is 0. The monoisotopic (exact) mass is 476 g/mol. The van der Waals surface area contributed by atoms with Gasteiger partial charge in [-0.25, -0.2) is 4.79 Å². The number of benzene rings is 2. The third-order valence-electron chi connectivity index (χ3n) is 7.34. The lowest BCUT2D eigenvalue weighted by molar-refractivity contribution is -0.126. The number of carbonyl (C=O) groups excluding carboxylic acids is 3. The van der Waals surface area contributed by atoms with Crippen molar-refractivity contribution in [2.24, 2.45) is 5.92 Å². The zero-order chi connectivity index (χ0) is 24.8. The van der Waals surface area contributed by atoms with Gasteiger partial charge in [-0.3, -0.25) is 14.5 Å². The molecule has 35 heavy (non-hydrogen) atoms. The predicted octanol–water partition coefficient (Wildman–Crippen LogP) is 4.17. The van der Waals surface area contributed by atoms with E-state index in [9.17, 15) is 14.4 Å². The predicted molar refractivity (Wildman–Crippen MR) is 138 cm³/mol. The average molecular weight is 477 g/mol. The molecule has 4 rings (SSSR count). The number of piperazine rings is 1. The molecule has 1 saturated heterocycles. The molecule has 1 aliphatic heterocycles. The molecule has 2 fully saturated rings. The number of urea groups is 1. The van der Waals surface area contributed by atoms with Crippen LogP contribution in [0.3, 0.4) is 0 Å². The molecule has 3 amide bonds. The molecule has 2 aromatic rings. The van der Waals surface area contributed by atoms with Crippen LogP contribution >= 0.6 is 0 Å². The van der Waals surface area contributed by atoms with Gasteiger partial charge in [0.1, 0.15) is 0 Å². The highest BCUT2D eigenvalue weighted by atomic mass is 16.2. The van der Waals surface area contributed by atoms with Crippen molar-refractivity contribution in [2.45, 2.75) is 57.5 Å². The summed E-state index contributed by atoms with van der Waals surface area (Å²) >= 11 is 0. The van der Waals surface area contributed by atoms with Crippen LogP contribution < -0.4 is 16.0 Å². The van der Waals surface area contributed by atoms with E-state index in [1.165, 1.54) is 12.5 Å². The molecule has 0 radical (unpaired) electrons. The van der Waals surface area contributed by atoms with Gasteiger partial charge >= 0.3 is 6.03 Å². The van der Waals surface area contributed by atoms with Crippen molar-refractivity contribution < 1.29 is 14.4 Å². The van der Waals surface area contributed by atoms with E-state index in [2.05, 4.69) is 39.9 Å². The van der Waals surface area contributed by atoms with Crippen molar-refractivity contribution in [2.75, 3.05) is 25.0 Å². The molecular weight excluding hydrogens is 440 g/mol. The van der Waals surface area contributed by atoms with E-state index >= 15 is 0 Å². The molecule has 1 heterocycles. The number of anilines is 1. The van der Waals surface area contributed by atoms with Crippen molar-refractivity contribution >= 4 is 23.4 Å². The number of hydrogen-bond acceptors (Lipinski definition) is 4. The van der Waals surface area contributed by atoms with Crippen LogP contribution in [0.4, 0.5) is 10.5 Å². The second kappa shape index (κ2) is 11.5. The van der Waals surface area contributed by atoms with E-state index in [0.717, 1.165) is 38.8 Å². The molecule has 0 aromatic heterocycles. The van der Waals surface area contributed by atoms with Gasteiger partial charge in [0.25, 0.3) is 0 Å². The van der Waals surface area contributed by atoms with E-state index in [1.54, 1.807) is 24.3 Å². The number of rotatable bonds is 7. The Morgan fingerprint density at radius 1 is 1.09 bits per heavy atom. The number of ketones is 1. The summed E-state index contributed by atoms with van der Waals surface area (Å²) in [6, 6.07) is 17.1. The topological polar surface area (TPSA) is 90.5 Å². The van der Waals surface area contributed by atoms with Crippen LogP contribution in [-0.4, -0.2) is 54.3 Å². The lowest BCUT2D eigenvalue weighted by Crippen LogP contribution is -2.58. The summed E-state index contributed by atoms with van der Waals surface area (Å²) < 4.78 is 0. The maximum Gasteiger partial charge on any atom is 0.319 e. The summed E-state index contributed by atoms with van der Waals surface area (Å²) in [5.41, 5.74) is 2.40. The maximum absolute atomic E-state index is 12.8. The number of Topliss-reactive ketones (excluding diaryl/α,β-unsaturated/α-hetero) is 1. The van der Waals surface area contributed by atoms with Crippen LogP contribution in [0.2, 0.25) is 0 Å². The zero-order valence-corrected chi connectivity index (χ0v) is 20.6. The van der Waals surface area contributed by atoms with Crippen molar-refractivity contribution in [1.82, 2.24) is 15.5 Å². The first-order chi connectivity index (χ1) is 16.9. The van der Waals surface area contributed by atoms with Gasteiger partial charge in [-0.1, -0.05) is 62.2 Å². The number of carbonyl (C=O) groups is 3. The summed E-state index contributed by atoms with van der Waals surface area (Å²) in [6.45, 7) is 5.66. The van der Waals surface area contributed by atoms with Gasteiger partial charge in [0.05, 0.1) is 6.54 Å². The van der Waals surface area contributed by atoms with Gasteiger partial charge in [-0.15, -0.1) is 0 Å². The molecule has 0 bridgehead atoms. The Morgan fingerprint density at radius 3 is 2.63 bits per heavy atom. The smallest absolute Gasteiger partial charge is 0.319 e. The summed E-state index contributed by atoms with van der Waals surface area (Å²) in [5.74, 6) is 0.538. The second-order valence-corrected chi connectivity index (χ2v) is 9.95. The first-order valence-corrected chi connectivity index (χ1v) is 12.6. The molecular formula is C28H36N4O3. The fourth-order valence-corrected chi connectivity index (χ4v) is 5.35.